The molecule has 0 radical (unpaired) electrons. The Bertz CT molecular complexity index is 1060. The van der Waals surface area contributed by atoms with Gasteiger partial charge in [0.2, 0.25) is 5.91 Å². The zero-order valence-electron chi connectivity index (χ0n) is 22.4. The number of hydrogen-bond acceptors (Lipinski definition) is 6. The monoisotopic (exact) mass is 494 g/mol. The maximum absolute atomic E-state index is 10.9. The summed E-state index contributed by atoms with van der Waals surface area (Å²) in [6.07, 6.45) is 9.77. The predicted molar refractivity (Wildman–Crippen MR) is 147 cm³/mol. The standard InChI is InChI=1S/C20H20N2O2.C7H15NO.C2H7N/c23-10-9-22-8-2-4-18(22)11-17-14-24-20-6-5-15(12-19(17)20)16-3-1-7-21-13-16;1-5(2)6(3)8-7(4)9;1-2-3/h1,3,5-7,10,12-14,18H,2,4,8-9,11H2;5-6H,1-4H3,(H,8,9);2-3H2,1H3. The summed E-state index contributed by atoms with van der Waals surface area (Å²) in [4.78, 5) is 27.8. The molecule has 0 spiro atoms. The fraction of sp³-hybridized carbons (Fsp3) is 0.483. The molecule has 3 aromatic rings. The molecule has 1 amide bonds. The van der Waals surface area contributed by atoms with Crippen LogP contribution in [0.4, 0.5) is 0 Å². The van der Waals surface area contributed by atoms with Crippen molar-refractivity contribution >= 4 is 23.2 Å². The largest absolute Gasteiger partial charge is 0.464 e. The first kappa shape index (κ1) is 29.2. The molecule has 3 heterocycles. The van der Waals surface area contributed by atoms with Crippen LogP contribution in [0.1, 0.15) is 53.0 Å². The molecule has 1 aliphatic rings. The number of nitrogens with two attached hydrogens (primary N) is 1. The lowest BCUT2D eigenvalue weighted by Crippen LogP contribution is -2.34. The number of carbonyl (C=O) groups excluding carboxylic acids is 2. The van der Waals surface area contributed by atoms with Crippen LogP contribution in [-0.4, -0.2) is 53.8 Å². The summed E-state index contributed by atoms with van der Waals surface area (Å²) in [5.41, 5.74) is 9.24. The zero-order chi connectivity index (χ0) is 26.5. The maximum Gasteiger partial charge on any atom is 0.217 e. The summed E-state index contributed by atoms with van der Waals surface area (Å²) in [5.74, 6) is 0.574. The Morgan fingerprint density at radius 3 is 2.61 bits per heavy atom. The molecule has 196 valence electrons. The van der Waals surface area contributed by atoms with E-state index in [9.17, 15) is 9.59 Å². The highest BCUT2D eigenvalue weighted by Crippen LogP contribution is 2.30. The van der Waals surface area contributed by atoms with E-state index in [0.29, 0.717) is 24.5 Å². The Labute approximate surface area is 215 Å². The summed E-state index contributed by atoms with van der Waals surface area (Å²) in [7, 11) is 0. The molecule has 1 fully saturated rings. The van der Waals surface area contributed by atoms with E-state index in [2.05, 4.69) is 47.2 Å². The maximum atomic E-state index is 10.9. The van der Waals surface area contributed by atoms with Crippen molar-refractivity contribution in [1.82, 2.24) is 15.2 Å². The third-order valence-corrected chi connectivity index (χ3v) is 6.34. The smallest absolute Gasteiger partial charge is 0.217 e. The first-order valence-electron chi connectivity index (χ1n) is 12.9. The van der Waals surface area contributed by atoms with Crippen LogP contribution >= 0.6 is 0 Å². The molecule has 2 unspecified atom stereocenters. The molecule has 2 atom stereocenters. The lowest BCUT2D eigenvalue weighted by atomic mass is 10.00. The second-order valence-electron chi connectivity index (χ2n) is 9.52. The molecule has 4 rings (SSSR count). The highest BCUT2D eigenvalue weighted by molar-refractivity contribution is 5.86. The molecule has 1 aliphatic heterocycles. The van der Waals surface area contributed by atoms with Gasteiger partial charge in [0.25, 0.3) is 0 Å². The average molecular weight is 495 g/mol. The molecule has 3 N–H and O–H groups in total. The van der Waals surface area contributed by atoms with E-state index in [4.69, 9.17) is 10.2 Å². The number of nitrogens with zero attached hydrogens (tertiary/aromatic N) is 2. The van der Waals surface area contributed by atoms with Gasteiger partial charge in [-0.15, -0.1) is 0 Å². The number of aldehydes is 1. The van der Waals surface area contributed by atoms with Crippen molar-refractivity contribution in [3.63, 3.8) is 0 Å². The van der Waals surface area contributed by atoms with Gasteiger partial charge >= 0.3 is 0 Å². The van der Waals surface area contributed by atoms with Crippen molar-refractivity contribution in [2.75, 3.05) is 19.6 Å². The number of furan rings is 1. The summed E-state index contributed by atoms with van der Waals surface area (Å²) in [5, 5.41) is 3.96. The number of benzene rings is 1. The van der Waals surface area contributed by atoms with Gasteiger partial charge in [0, 0.05) is 42.4 Å². The first-order chi connectivity index (χ1) is 17.3. The van der Waals surface area contributed by atoms with Gasteiger partial charge in [0.05, 0.1) is 12.8 Å². The van der Waals surface area contributed by atoms with Crippen LogP contribution in [0.2, 0.25) is 0 Å². The second-order valence-corrected chi connectivity index (χ2v) is 9.52. The van der Waals surface area contributed by atoms with Gasteiger partial charge < -0.3 is 20.3 Å². The third-order valence-electron chi connectivity index (χ3n) is 6.34. The SMILES string of the molecule is CC(=O)NC(C)C(C)C.CCN.O=CCN1CCCC1Cc1coc2ccc(-c3cccnc3)cc12. The second kappa shape index (κ2) is 15.2. The number of hydrogen-bond donors (Lipinski definition) is 2. The van der Waals surface area contributed by atoms with Gasteiger partial charge in [-0.05, 0) is 74.5 Å². The van der Waals surface area contributed by atoms with Crippen LogP contribution in [0, 0.1) is 5.92 Å². The van der Waals surface area contributed by atoms with Crippen LogP contribution in [0.3, 0.4) is 0 Å². The topological polar surface area (TPSA) is 101 Å². The lowest BCUT2D eigenvalue weighted by molar-refractivity contribution is -0.119. The molecule has 2 aromatic heterocycles. The van der Waals surface area contributed by atoms with Gasteiger partial charge in [-0.25, -0.2) is 0 Å². The van der Waals surface area contributed by atoms with Crippen molar-refractivity contribution < 1.29 is 14.0 Å². The summed E-state index contributed by atoms with van der Waals surface area (Å²) < 4.78 is 5.74. The Morgan fingerprint density at radius 1 is 1.28 bits per heavy atom. The minimum Gasteiger partial charge on any atom is -0.464 e. The number of fused-ring (bicyclic) bond motifs is 1. The molecule has 36 heavy (non-hydrogen) atoms. The van der Waals surface area contributed by atoms with Crippen molar-refractivity contribution in [2.45, 2.75) is 66.0 Å². The molecule has 0 bridgehead atoms. The van der Waals surface area contributed by atoms with E-state index in [0.717, 1.165) is 60.7 Å². The number of rotatable bonds is 7. The van der Waals surface area contributed by atoms with Crippen molar-refractivity contribution in [3.05, 3.63) is 54.6 Å². The first-order valence-corrected chi connectivity index (χ1v) is 12.9. The molecular formula is C29H42N4O3. The van der Waals surface area contributed by atoms with Crippen molar-refractivity contribution in [3.8, 4) is 11.1 Å². The van der Waals surface area contributed by atoms with Gasteiger partial charge in [-0.2, -0.15) is 0 Å². The van der Waals surface area contributed by atoms with Crippen LogP contribution in [0.25, 0.3) is 22.1 Å². The number of aromatic nitrogens is 1. The average Bonchev–Trinajstić information content (AvgIpc) is 3.47. The lowest BCUT2D eigenvalue weighted by Gasteiger charge is -2.21. The van der Waals surface area contributed by atoms with Crippen molar-refractivity contribution in [2.24, 2.45) is 11.7 Å². The number of nitrogens with one attached hydrogen (secondary N) is 1. The Hall–Kier alpha value is -3.03. The fourth-order valence-electron chi connectivity index (χ4n) is 4.16. The van der Waals surface area contributed by atoms with Gasteiger partial charge in [-0.3, -0.25) is 14.7 Å². The highest BCUT2D eigenvalue weighted by atomic mass is 16.3. The number of likely N-dealkylation sites (tertiary alicyclic amines) is 1. The normalized spacial score (nSPS) is 16.0. The predicted octanol–water partition coefficient (Wildman–Crippen LogP) is 4.83. The quantitative estimate of drug-likeness (QED) is 0.456. The minimum atomic E-state index is 0.0520. The van der Waals surface area contributed by atoms with Crippen molar-refractivity contribution in [1.29, 1.82) is 0 Å². The number of carbonyl (C=O) groups is 2. The van der Waals surface area contributed by atoms with Gasteiger partial charge in [0.1, 0.15) is 11.9 Å². The van der Waals surface area contributed by atoms with Crippen LogP contribution in [0.15, 0.2) is 53.4 Å². The molecule has 7 nitrogen and oxygen atoms in total. The van der Waals surface area contributed by atoms with E-state index < -0.39 is 0 Å². The minimum absolute atomic E-state index is 0.0520. The molecule has 1 aromatic carbocycles. The Morgan fingerprint density at radius 2 is 2.03 bits per heavy atom. The van der Waals surface area contributed by atoms with Gasteiger partial charge in [0.15, 0.2) is 0 Å². The van der Waals surface area contributed by atoms with E-state index in [1.165, 1.54) is 5.56 Å². The molecule has 0 saturated carbocycles. The summed E-state index contributed by atoms with van der Waals surface area (Å²) in [6.45, 7) is 11.9. The number of amides is 1. The number of pyridine rings is 1. The zero-order valence-corrected chi connectivity index (χ0v) is 22.4. The van der Waals surface area contributed by atoms with Crippen LogP contribution in [-0.2, 0) is 16.0 Å². The van der Waals surface area contributed by atoms with Crippen LogP contribution < -0.4 is 11.1 Å². The van der Waals surface area contributed by atoms with Gasteiger partial charge in [-0.1, -0.05) is 32.9 Å². The molecular weight excluding hydrogens is 452 g/mol. The van der Waals surface area contributed by atoms with E-state index >= 15 is 0 Å². The van der Waals surface area contributed by atoms with E-state index in [-0.39, 0.29) is 5.91 Å². The Kier molecular flexibility index (Phi) is 12.3. The van der Waals surface area contributed by atoms with E-state index in [1.807, 2.05) is 38.4 Å². The molecule has 7 heteroatoms. The third kappa shape index (κ3) is 8.88. The molecule has 1 saturated heterocycles. The van der Waals surface area contributed by atoms with Crippen LogP contribution in [0.5, 0.6) is 0 Å². The fourth-order valence-corrected chi connectivity index (χ4v) is 4.16. The summed E-state index contributed by atoms with van der Waals surface area (Å²) in [6, 6.07) is 11.0. The summed E-state index contributed by atoms with van der Waals surface area (Å²) >= 11 is 0. The van der Waals surface area contributed by atoms with E-state index in [1.54, 1.807) is 13.1 Å². The Balaban J connectivity index is 0.000000322. The molecule has 0 aliphatic carbocycles. The highest BCUT2D eigenvalue weighted by Gasteiger charge is 2.25.